The van der Waals surface area contributed by atoms with Gasteiger partial charge in [-0.2, -0.15) is 0 Å². The van der Waals surface area contributed by atoms with E-state index in [9.17, 15) is 0 Å². The molecule has 0 radical (unpaired) electrons. The number of nitrogens with one attached hydrogen (secondary N) is 1. The van der Waals surface area contributed by atoms with Crippen LogP contribution in [-0.4, -0.2) is 25.3 Å². The standard InChI is InChI=1S/C11H23NO/c1-4-6-12-9-10-5-7-13-11(2,3)8-10/h10,12H,4-9H2,1-3H3. The van der Waals surface area contributed by atoms with Crippen molar-refractivity contribution in [3.05, 3.63) is 0 Å². The first-order valence-electron chi connectivity index (χ1n) is 5.49. The van der Waals surface area contributed by atoms with Crippen molar-refractivity contribution in [1.29, 1.82) is 0 Å². The van der Waals surface area contributed by atoms with E-state index in [0.29, 0.717) is 0 Å². The highest BCUT2D eigenvalue weighted by molar-refractivity contribution is 4.79. The molecule has 1 rings (SSSR count). The highest BCUT2D eigenvalue weighted by Crippen LogP contribution is 2.27. The van der Waals surface area contributed by atoms with Crippen molar-refractivity contribution in [2.24, 2.45) is 5.92 Å². The van der Waals surface area contributed by atoms with Crippen LogP contribution in [0.25, 0.3) is 0 Å². The third kappa shape index (κ3) is 4.10. The first kappa shape index (κ1) is 11.0. The van der Waals surface area contributed by atoms with Crippen molar-refractivity contribution in [3.63, 3.8) is 0 Å². The second-order valence-corrected chi connectivity index (χ2v) is 4.67. The lowest BCUT2D eigenvalue weighted by Gasteiger charge is -2.35. The average Bonchev–Trinajstić information content (AvgIpc) is 2.03. The maximum Gasteiger partial charge on any atom is 0.0629 e. The fourth-order valence-electron chi connectivity index (χ4n) is 2.02. The van der Waals surface area contributed by atoms with Crippen LogP contribution in [0.4, 0.5) is 0 Å². The molecule has 0 aliphatic carbocycles. The largest absolute Gasteiger partial charge is 0.376 e. The highest BCUT2D eigenvalue weighted by Gasteiger charge is 2.28. The average molecular weight is 185 g/mol. The highest BCUT2D eigenvalue weighted by atomic mass is 16.5. The van der Waals surface area contributed by atoms with Crippen LogP contribution in [0.5, 0.6) is 0 Å². The Morgan fingerprint density at radius 1 is 1.46 bits per heavy atom. The predicted molar refractivity (Wildman–Crippen MR) is 55.9 cm³/mol. The topological polar surface area (TPSA) is 21.3 Å². The van der Waals surface area contributed by atoms with E-state index in [1.54, 1.807) is 0 Å². The lowest BCUT2D eigenvalue weighted by atomic mass is 9.88. The molecule has 0 spiro atoms. The van der Waals surface area contributed by atoms with Crippen LogP contribution in [-0.2, 0) is 4.74 Å². The van der Waals surface area contributed by atoms with Crippen molar-refractivity contribution < 1.29 is 4.74 Å². The molecular weight excluding hydrogens is 162 g/mol. The van der Waals surface area contributed by atoms with E-state index >= 15 is 0 Å². The Hall–Kier alpha value is -0.0800. The van der Waals surface area contributed by atoms with Gasteiger partial charge in [-0.3, -0.25) is 0 Å². The Kier molecular flexibility index (Phi) is 4.20. The zero-order chi connectivity index (χ0) is 9.73. The number of hydrogen-bond donors (Lipinski definition) is 1. The molecule has 2 nitrogen and oxygen atoms in total. The SMILES string of the molecule is CCCNCC1CCOC(C)(C)C1. The molecule has 1 saturated heterocycles. The Morgan fingerprint density at radius 2 is 2.23 bits per heavy atom. The summed E-state index contributed by atoms with van der Waals surface area (Å²) in [6.07, 6.45) is 3.65. The third-order valence-corrected chi connectivity index (χ3v) is 2.66. The molecular formula is C11H23NO. The van der Waals surface area contributed by atoms with Crippen LogP contribution in [0.1, 0.15) is 40.0 Å². The van der Waals surface area contributed by atoms with Gasteiger partial charge < -0.3 is 10.1 Å². The summed E-state index contributed by atoms with van der Waals surface area (Å²) in [4.78, 5) is 0. The predicted octanol–water partition coefficient (Wildman–Crippen LogP) is 2.19. The molecule has 0 amide bonds. The molecule has 0 aromatic rings. The zero-order valence-electron chi connectivity index (χ0n) is 9.23. The van der Waals surface area contributed by atoms with Crippen molar-refractivity contribution in [3.8, 4) is 0 Å². The summed E-state index contributed by atoms with van der Waals surface area (Å²) in [5, 5.41) is 3.49. The maximum atomic E-state index is 5.67. The fraction of sp³-hybridized carbons (Fsp3) is 1.00. The fourth-order valence-corrected chi connectivity index (χ4v) is 2.02. The Bertz CT molecular complexity index is 145. The molecule has 1 fully saturated rings. The lowest BCUT2D eigenvalue weighted by Crippen LogP contribution is -2.38. The first-order chi connectivity index (χ1) is 6.14. The van der Waals surface area contributed by atoms with Gasteiger partial charge >= 0.3 is 0 Å². The third-order valence-electron chi connectivity index (χ3n) is 2.66. The van der Waals surface area contributed by atoms with E-state index in [0.717, 1.165) is 19.1 Å². The van der Waals surface area contributed by atoms with Crippen molar-refractivity contribution in [2.75, 3.05) is 19.7 Å². The molecule has 13 heavy (non-hydrogen) atoms. The summed E-state index contributed by atoms with van der Waals surface area (Å²) < 4.78 is 5.67. The van der Waals surface area contributed by atoms with Crippen LogP contribution < -0.4 is 5.32 Å². The summed E-state index contributed by atoms with van der Waals surface area (Å²) in [5.74, 6) is 0.815. The van der Waals surface area contributed by atoms with E-state index < -0.39 is 0 Å². The normalized spacial score (nSPS) is 27.5. The second-order valence-electron chi connectivity index (χ2n) is 4.67. The molecule has 2 heteroatoms. The van der Waals surface area contributed by atoms with Gasteiger partial charge in [0, 0.05) is 6.61 Å². The van der Waals surface area contributed by atoms with Crippen molar-refractivity contribution in [2.45, 2.75) is 45.6 Å². The van der Waals surface area contributed by atoms with E-state index in [4.69, 9.17) is 4.74 Å². The first-order valence-corrected chi connectivity index (χ1v) is 5.49. The van der Waals surface area contributed by atoms with E-state index in [1.807, 2.05) is 0 Å². The zero-order valence-corrected chi connectivity index (χ0v) is 9.23. The molecule has 1 heterocycles. The van der Waals surface area contributed by atoms with Gasteiger partial charge in [-0.15, -0.1) is 0 Å². The molecule has 0 saturated carbocycles. The van der Waals surface area contributed by atoms with Crippen LogP contribution in [0.2, 0.25) is 0 Å². The van der Waals surface area contributed by atoms with Gasteiger partial charge in [-0.1, -0.05) is 6.92 Å². The minimum Gasteiger partial charge on any atom is -0.376 e. The molecule has 1 aliphatic heterocycles. The van der Waals surface area contributed by atoms with E-state index in [2.05, 4.69) is 26.1 Å². The van der Waals surface area contributed by atoms with Crippen LogP contribution >= 0.6 is 0 Å². The number of rotatable bonds is 4. The minimum atomic E-state index is 0.108. The van der Waals surface area contributed by atoms with E-state index in [-0.39, 0.29) is 5.60 Å². The molecule has 0 bridgehead atoms. The summed E-state index contributed by atoms with van der Waals surface area (Å²) in [5.41, 5.74) is 0.108. The monoisotopic (exact) mass is 185 g/mol. The Morgan fingerprint density at radius 3 is 2.85 bits per heavy atom. The van der Waals surface area contributed by atoms with E-state index in [1.165, 1.54) is 25.8 Å². The molecule has 0 aromatic heterocycles. The summed E-state index contributed by atoms with van der Waals surface area (Å²) in [6.45, 7) is 9.85. The molecule has 0 aromatic carbocycles. The molecule has 1 aliphatic rings. The van der Waals surface area contributed by atoms with Crippen LogP contribution in [0.15, 0.2) is 0 Å². The van der Waals surface area contributed by atoms with Crippen LogP contribution in [0, 0.1) is 5.92 Å². The Labute approximate surface area is 82.0 Å². The van der Waals surface area contributed by atoms with Crippen molar-refractivity contribution in [1.82, 2.24) is 5.32 Å². The second kappa shape index (κ2) is 4.97. The van der Waals surface area contributed by atoms with Gasteiger partial charge in [0.05, 0.1) is 5.60 Å². The van der Waals surface area contributed by atoms with Gasteiger partial charge in [0.15, 0.2) is 0 Å². The van der Waals surface area contributed by atoms with Gasteiger partial charge in [0.2, 0.25) is 0 Å². The molecule has 78 valence electrons. The van der Waals surface area contributed by atoms with Crippen molar-refractivity contribution >= 4 is 0 Å². The quantitative estimate of drug-likeness (QED) is 0.678. The van der Waals surface area contributed by atoms with Crippen LogP contribution in [0.3, 0.4) is 0 Å². The smallest absolute Gasteiger partial charge is 0.0629 e. The van der Waals surface area contributed by atoms with Gasteiger partial charge in [0.25, 0.3) is 0 Å². The summed E-state index contributed by atoms with van der Waals surface area (Å²) in [7, 11) is 0. The molecule has 1 N–H and O–H groups in total. The maximum absolute atomic E-state index is 5.67. The lowest BCUT2D eigenvalue weighted by molar-refractivity contribution is -0.0717. The Balaban J connectivity index is 2.19. The minimum absolute atomic E-state index is 0.108. The number of ether oxygens (including phenoxy) is 1. The van der Waals surface area contributed by atoms with Gasteiger partial charge in [-0.05, 0) is 52.1 Å². The summed E-state index contributed by atoms with van der Waals surface area (Å²) in [6, 6.07) is 0. The number of hydrogen-bond acceptors (Lipinski definition) is 2. The molecule has 1 unspecified atom stereocenters. The van der Waals surface area contributed by atoms with Gasteiger partial charge in [0.1, 0.15) is 0 Å². The van der Waals surface area contributed by atoms with Gasteiger partial charge in [-0.25, -0.2) is 0 Å². The molecule has 1 atom stereocenters. The summed E-state index contributed by atoms with van der Waals surface area (Å²) >= 11 is 0.